The maximum absolute atomic E-state index is 4.52. The first-order valence-electron chi connectivity index (χ1n) is 17.1. The molecule has 0 saturated carbocycles. The summed E-state index contributed by atoms with van der Waals surface area (Å²) < 4.78 is 2.27. The molecule has 251 valence electrons. The maximum atomic E-state index is 4.52. The zero-order valence-corrected chi connectivity index (χ0v) is 34.4. The Kier molecular flexibility index (Phi) is 19.2. The van der Waals surface area contributed by atoms with Crippen LogP contribution in [0.3, 0.4) is 0 Å². The van der Waals surface area contributed by atoms with Crippen LogP contribution in [0.15, 0.2) is 103 Å². The number of aromatic nitrogens is 1. The Balaban J connectivity index is 0.000000342. The molecule has 4 aromatic carbocycles. The summed E-state index contributed by atoms with van der Waals surface area (Å²) in [6.45, 7) is 26.2. The number of benzene rings is 4. The van der Waals surface area contributed by atoms with Crippen molar-refractivity contribution >= 4 is 33.2 Å². The Morgan fingerprint density at radius 1 is 0.638 bits per heavy atom. The van der Waals surface area contributed by atoms with Crippen molar-refractivity contribution in [3.8, 4) is 0 Å². The van der Waals surface area contributed by atoms with E-state index in [0.29, 0.717) is 23.7 Å². The van der Waals surface area contributed by atoms with Crippen LogP contribution in [-0.4, -0.2) is 4.57 Å². The van der Waals surface area contributed by atoms with Crippen LogP contribution < -0.4 is 0 Å². The second-order valence-electron chi connectivity index (χ2n) is 13.6. The van der Waals surface area contributed by atoms with Crippen molar-refractivity contribution in [2.24, 2.45) is 24.8 Å². The van der Waals surface area contributed by atoms with Gasteiger partial charge in [0, 0.05) is 61.6 Å². The molecule has 0 N–H and O–H groups in total. The molecule has 1 heterocycles. The second-order valence-corrected chi connectivity index (χ2v) is 13.6. The first-order chi connectivity index (χ1) is 21.8. The van der Waals surface area contributed by atoms with E-state index in [1.807, 2.05) is 44.5 Å². The molecule has 5 aromatic rings. The number of fused-ring (bicyclic) bond motifs is 3. The predicted octanol–water partition coefficient (Wildman–Crippen LogP) is 14.2. The molecule has 0 atom stereocenters. The van der Waals surface area contributed by atoms with Gasteiger partial charge in [-0.05, 0) is 61.3 Å². The summed E-state index contributed by atoms with van der Waals surface area (Å²) in [4.78, 5) is 0. The summed E-state index contributed by atoms with van der Waals surface area (Å²) in [5, 5.41) is 7.25. The molecule has 3 heteroatoms. The van der Waals surface area contributed by atoms with Crippen molar-refractivity contribution in [2.45, 2.75) is 89.0 Å². The minimum Gasteiger partial charge on any atom is -0.658 e. The van der Waals surface area contributed by atoms with E-state index in [9.17, 15) is 0 Å². The zero-order valence-electron chi connectivity index (χ0n) is 31.6. The fourth-order valence-electron chi connectivity index (χ4n) is 5.37. The molecular formula is C44H60N2Y-2. The number of hydrogen-bond donors (Lipinski definition) is 0. The van der Waals surface area contributed by atoms with Gasteiger partial charge in [-0.2, -0.15) is 13.8 Å². The van der Waals surface area contributed by atoms with Gasteiger partial charge in [0.2, 0.25) is 0 Å². The molecule has 47 heavy (non-hydrogen) atoms. The van der Waals surface area contributed by atoms with Gasteiger partial charge in [0.1, 0.15) is 0 Å². The standard InChI is InChI=1S/C16H17N.C14H14N.C11H22.C3H7.Y/c1-11(2)12-8-9-16-14(10-12)13-6-4-5-7-15(13)17(16)3;1-11-3-7-13(8-4-11)15-14-9-5-12(2)6-10-14;1-8(2)7-11(9(3)4)10(5)6;1-3-2;/h4-11H,1-3H3;3-10H,1-2H3;7-10H,1-6H3;3H,1-2H3;/q;-1;;-1;. The van der Waals surface area contributed by atoms with Crippen LogP contribution >= 0.6 is 0 Å². The van der Waals surface area contributed by atoms with E-state index >= 15 is 0 Å². The summed E-state index contributed by atoms with van der Waals surface area (Å²) in [5.74, 6) is 2.68. The maximum Gasteiger partial charge on any atom is 0.0488 e. The molecule has 1 aromatic heterocycles. The summed E-state index contributed by atoms with van der Waals surface area (Å²) in [6, 6.07) is 31.9. The predicted molar refractivity (Wildman–Crippen MR) is 208 cm³/mol. The average Bonchev–Trinajstić information content (AvgIpc) is 3.30. The largest absolute Gasteiger partial charge is 0.658 e. The second kappa shape index (κ2) is 21.3. The fraction of sp³-hybridized carbons (Fsp3) is 0.386. The van der Waals surface area contributed by atoms with Crippen LogP contribution in [0.1, 0.15) is 91.8 Å². The van der Waals surface area contributed by atoms with Crippen molar-refractivity contribution in [1.82, 2.24) is 4.57 Å². The molecule has 0 bridgehead atoms. The first kappa shape index (κ1) is 42.3. The number of hydrogen-bond acceptors (Lipinski definition) is 0. The fourth-order valence-corrected chi connectivity index (χ4v) is 5.37. The van der Waals surface area contributed by atoms with Gasteiger partial charge in [-0.1, -0.05) is 151 Å². The first-order valence-corrected chi connectivity index (χ1v) is 17.1. The minimum absolute atomic E-state index is 0. The monoisotopic (exact) mass is 705 g/mol. The number of para-hydroxylation sites is 1. The molecule has 0 aliphatic rings. The van der Waals surface area contributed by atoms with Gasteiger partial charge in [0.15, 0.2) is 0 Å². The van der Waals surface area contributed by atoms with Gasteiger partial charge in [0.25, 0.3) is 0 Å². The van der Waals surface area contributed by atoms with Gasteiger partial charge in [-0.15, -0.1) is 11.4 Å². The minimum atomic E-state index is 0. The van der Waals surface area contributed by atoms with E-state index in [2.05, 4.69) is 159 Å². The van der Waals surface area contributed by atoms with E-state index in [1.165, 1.54) is 38.5 Å². The molecule has 0 fully saturated rings. The molecule has 0 unspecified atom stereocenters. The SMILES string of the molecule is CC(C)C=C(C(C)C)C(C)C.CC(C)c1ccc2c(c1)c1ccccc1n2C.C[CH-]C.Cc1ccc([N-]c2ccc(C)cc2)cc1.[Y]. The Morgan fingerprint density at radius 3 is 1.49 bits per heavy atom. The quantitative estimate of drug-likeness (QED) is 0.124. The van der Waals surface area contributed by atoms with Crippen molar-refractivity contribution < 1.29 is 32.7 Å². The van der Waals surface area contributed by atoms with Crippen molar-refractivity contribution in [3.63, 3.8) is 0 Å². The van der Waals surface area contributed by atoms with Gasteiger partial charge < -0.3 is 16.3 Å². The number of aryl methyl sites for hydroxylation is 3. The van der Waals surface area contributed by atoms with Crippen LogP contribution in [0.25, 0.3) is 27.1 Å². The zero-order chi connectivity index (χ0) is 34.4. The average molecular weight is 706 g/mol. The molecule has 1 radical (unpaired) electrons. The molecule has 0 spiro atoms. The number of nitrogens with zero attached hydrogens (tertiary/aromatic N) is 2. The molecule has 0 amide bonds. The molecule has 0 aliphatic heterocycles. The van der Waals surface area contributed by atoms with Crippen LogP contribution in [0.4, 0.5) is 11.4 Å². The van der Waals surface area contributed by atoms with Gasteiger partial charge in [-0.3, -0.25) is 0 Å². The van der Waals surface area contributed by atoms with E-state index in [1.54, 1.807) is 5.57 Å². The van der Waals surface area contributed by atoms with Crippen molar-refractivity contribution in [2.75, 3.05) is 0 Å². The Morgan fingerprint density at radius 2 is 1.09 bits per heavy atom. The third kappa shape index (κ3) is 13.8. The van der Waals surface area contributed by atoms with Gasteiger partial charge in [0.05, 0.1) is 0 Å². The topological polar surface area (TPSA) is 19.0 Å². The van der Waals surface area contributed by atoms with Crippen molar-refractivity contribution in [3.05, 3.63) is 131 Å². The Bertz CT molecular complexity index is 1560. The molecule has 5 rings (SSSR count). The van der Waals surface area contributed by atoms with E-state index in [4.69, 9.17) is 0 Å². The van der Waals surface area contributed by atoms with Gasteiger partial charge >= 0.3 is 0 Å². The van der Waals surface area contributed by atoms with E-state index in [-0.39, 0.29) is 32.7 Å². The summed E-state index contributed by atoms with van der Waals surface area (Å²) in [6.07, 6.45) is 4.40. The normalized spacial score (nSPS) is 10.5. The van der Waals surface area contributed by atoms with E-state index < -0.39 is 0 Å². The Hall–Kier alpha value is -2.68. The van der Waals surface area contributed by atoms with Crippen molar-refractivity contribution in [1.29, 1.82) is 0 Å². The molecule has 2 nitrogen and oxygen atoms in total. The van der Waals surface area contributed by atoms with Gasteiger partial charge in [-0.25, -0.2) is 0 Å². The summed E-state index contributed by atoms with van der Waals surface area (Å²) >= 11 is 0. The van der Waals surface area contributed by atoms with Crippen LogP contribution in [-0.2, 0) is 39.8 Å². The van der Waals surface area contributed by atoms with Crippen LogP contribution in [0.5, 0.6) is 0 Å². The third-order valence-electron chi connectivity index (χ3n) is 7.79. The van der Waals surface area contributed by atoms with E-state index in [0.717, 1.165) is 11.4 Å². The Labute approximate surface area is 313 Å². The van der Waals surface area contributed by atoms with Crippen LogP contribution in [0.2, 0.25) is 0 Å². The molecular weight excluding hydrogens is 645 g/mol. The summed E-state index contributed by atoms with van der Waals surface area (Å²) in [7, 11) is 2.14. The molecule has 0 saturated heterocycles. The van der Waals surface area contributed by atoms with Crippen LogP contribution in [0, 0.1) is 38.0 Å². The number of allylic oxidation sites excluding steroid dienone is 2. The number of rotatable bonds is 6. The third-order valence-corrected chi connectivity index (χ3v) is 7.79. The smallest absolute Gasteiger partial charge is 0.0488 e. The summed E-state index contributed by atoms with van der Waals surface area (Å²) in [5.41, 5.74) is 10.2. The molecule has 0 aliphatic carbocycles.